The molecule has 1 N–H and O–H groups in total. The van der Waals surface area contributed by atoms with Gasteiger partial charge in [0.15, 0.2) is 16.8 Å². The Morgan fingerprint density at radius 2 is 1.63 bits per heavy atom. The van der Waals surface area contributed by atoms with E-state index in [-0.39, 0.29) is 35.8 Å². The average Bonchev–Trinajstić information content (AvgIpc) is 3.57. The molecule has 13 heteroatoms. The lowest BCUT2D eigenvalue weighted by Gasteiger charge is -2.21. The molecular weight excluding hydrogens is 625 g/mol. The molecule has 0 fully saturated rings. The van der Waals surface area contributed by atoms with Gasteiger partial charge in [0, 0.05) is 43.2 Å². The lowest BCUT2D eigenvalue weighted by molar-refractivity contribution is -0.137. The third-order valence-electron chi connectivity index (χ3n) is 7.47. The van der Waals surface area contributed by atoms with Crippen LogP contribution in [0.5, 0.6) is 0 Å². The molecule has 46 heavy (non-hydrogen) atoms. The minimum absolute atomic E-state index is 0.154. The number of carbonyl (C=O) groups excluding carboxylic acids is 1. The second kappa shape index (κ2) is 13.7. The number of alkyl halides is 3. The van der Waals surface area contributed by atoms with Gasteiger partial charge in [-0.25, -0.2) is 8.78 Å². The first-order valence-electron chi connectivity index (χ1n) is 14.1. The van der Waals surface area contributed by atoms with Crippen LogP contribution in [0.15, 0.2) is 95.3 Å². The Morgan fingerprint density at radius 1 is 0.978 bits per heavy atom. The number of hydrogen-bond acceptors (Lipinski definition) is 5. The third-order valence-corrected chi connectivity index (χ3v) is 8.53. The molecule has 5 aromatic rings. The molecule has 0 saturated carbocycles. The Morgan fingerprint density at radius 3 is 2.24 bits per heavy atom. The molecule has 7 nitrogen and oxygen atoms in total. The highest BCUT2D eigenvalue weighted by molar-refractivity contribution is 7.98. The largest absolute Gasteiger partial charge is 0.416 e. The lowest BCUT2D eigenvalue weighted by Crippen LogP contribution is -2.31. The number of benzene rings is 3. The SMILES string of the molecule is CC(c1cn[nH]c1)c1cn(CC(=O)N(C)Cc2ccc(-c3ccc(C(F)(F)F)cc3)cc2)c(SCc2ccc(F)c(F)c2)nc1=O. The summed E-state index contributed by atoms with van der Waals surface area (Å²) in [7, 11) is 1.63. The molecule has 0 bridgehead atoms. The number of nitrogens with zero attached hydrogens (tertiary/aromatic N) is 4. The first kappa shape index (κ1) is 32.6. The van der Waals surface area contributed by atoms with E-state index in [1.807, 2.05) is 6.92 Å². The third kappa shape index (κ3) is 7.71. The summed E-state index contributed by atoms with van der Waals surface area (Å²) in [6.45, 7) is 1.91. The van der Waals surface area contributed by atoms with Crippen molar-refractivity contribution < 1.29 is 26.7 Å². The van der Waals surface area contributed by atoms with Crippen LogP contribution in [0.4, 0.5) is 22.0 Å². The number of hydrogen-bond donors (Lipinski definition) is 1. The van der Waals surface area contributed by atoms with Gasteiger partial charge < -0.3 is 9.47 Å². The van der Waals surface area contributed by atoms with Crippen LogP contribution in [-0.4, -0.2) is 37.6 Å². The van der Waals surface area contributed by atoms with Crippen molar-refractivity contribution in [2.24, 2.45) is 0 Å². The maximum absolute atomic E-state index is 13.8. The summed E-state index contributed by atoms with van der Waals surface area (Å²) in [6, 6.07) is 15.6. The van der Waals surface area contributed by atoms with Crippen LogP contribution in [0.1, 0.15) is 40.7 Å². The average molecular weight is 654 g/mol. The van der Waals surface area contributed by atoms with Gasteiger partial charge in [-0.2, -0.15) is 23.3 Å². The van der Waals surface area contributed by atoms with Crippen molar-refractivity contribution in [3.05, 3.63) is 135 Å². The van der Waals surface area contributed by atoms with Crippen molar-refractivity contribution in [2.45, 2.75) is 43.0 Å². The topological polar surface area (TPSA) is 83.9 Å². The molecule has 0 aliphatic rings. The van der Waals surface area contributed by atoms with E-state index in [9.17, 15) is 31.5 Å². The summed E-state index contributed by atoms with van der Waals surface area (Å²) < 4.78 is 67.5. The molecule has 1 atom stereocenters. The van der Waals surface area contributed by atoms with Crippen LogP contribution in [0, 0.1) is 11.6 Å². The summed E-state index contributed by atoms with van der Waals surface area (Å²) in [4.78, 5) is 32.2. The zero-order valence-corrected chi connectivity index (χ0v) is 25.5. The number of thioether (sulfide) groups is 1. The number of amides is 1. The van der Waals surface area contributed by atoms with Crippen molar-refractivity contribution in [1.82, 2.24) is 24.6 Å². The van der Waals surface area contributed by atoms with E-state index in [0.717, 1.165) is 52.7 Å². The van der Waals surface area contributed by atoms with Crippen molar-refractivity contribution in [3.63, 3.8) is 0 Å². The number of carbonyl (C=O) groups is 1. The quantitative estimate of drug-likeness (QED) is 0.0994. The molecule has 238 valence electrons. The van der Waals surface area contributed by atoms with Crippen LogP contribution in [-0.2, 0) is 29.8 Å². The van der Waals surface area contributed by atoms with E-state index < -0.39 is 28.9 Å². The Labute approximate surface area is 265 Å². The van der Waals surface area contributed by atoms with E-state index in [1.54, 1.807) is 54.5 Å². The Hall–Kier alpha value is -4.78. The molecule has 2 heterocycles. The standard InChI is InChI=1S/C33H28F5N5O2S/c1-20(25-14-39-40-15-25)27-17-43(32(41-31(27)45)46-19-22-5-12-28(34)29(35)13-22)18-30(44)42(2)16-21-3-6-23(7-4-21)24-8-10-26(11-9-24)33(36,37)38/h3-15,17,20H,16,18-19H2,1-2H3,(H,39,40). The minimum atomic E-state index is -4.41. The van der Waals surface area contributed by atoms with Gasteiger partial charge in [-0.3, -0.25) is 14.7 Å². The van der Waals surface area contributed by atoms with E-state index in [0.29, 0.717) is 16.7 Å². The number of halogens is 5. The lowest BCUT2D eigenvalue weighted by atomic mass is 9.98. The first-order valence-corrected chi connectivity index (χ1v) is 15.0. The summed E-state index contributed by atoms with van der Waals surface area (Å²) in [5.74, 6) is -2.43. The highest BCUT2D eigenvalue weighted by Gasteiger charge is 2.30. The van der Waals surface area contributed by atoms with Gasteiger partial charge in [0.1, 0.15) is 6.54 Å². The summed E-state index contributed by atoms with van der Waals surface area (Å²) in [5, 5.41) is 6.90. The predicted octanol–water partition coefficient (Wildman–Crippen LogP) is 7.03. The van der Waals surface area contributed by atoms with Gasteiger partial charge in [0.25, 0.3) is 5.56 Å². The molecule has 0 aliphatic heterocycles. The molecule has 5 rings (SSSR count). The fourth-order valence-electron chi connectivity index (χ4n) is 4.76. The fourth-order valence-corrected chi connectivity index (χ4v) is 5.66. The number of H-pyrrole nitrogens is 1. The zero-order valence-electron chi connectivity index (χ0n) is 24.7. The van der Waals surface area contributed by atoms with Crippen molar-refractivity contribution in [3.8, 4) is 11.1 Å². The summed E-state index contributed by atoms with van der Waals surface area (Å²) >= 11 is 1.12. The normalized spacial score (nSPS) is 12.2. The van der Waals surface area contributed by atoms with E-state index in [1.165, 1.54) is 23.1 Å². The Balaban J connectivity index is 1.33. The highest BCUT2D eigenvalue weighted by Crippen LogP contribution is 2.31. The van der Waals surface area contributed by atoms with Crippen molar-refractivity contribution in [1.29, 1.82) is 0 Å². The Bertz CT molecular complexity index is 1880. The van der Waals surface area contributed by atoms with Crippen molar-refractivity contribution >= 4 is 17.7 Å². The summed E-state index contributed by atoms with van der Waals surface area (Å²) in [6.07, 6.45) is 0.446. The van der Waals surface area contributed by atoms with E-state index >= 15 is 0 Å². The highest BCUT2D eigenvalue weighted by atomic mass is 32.2. The number of rotatable bonds is 10. The second-order valence-electron chi connectivity index (χ2n) is 10.7. The van der Waals surface area contributed by atoms with Crippen LogP contribution in [0.3, 0.4) is 0 Å². The molecule has 0 aliphatic carbocycles. The molecule has 1 unspecified atom stereocenters. The van der Waals surface area contributed by atoms with E-state index in [4.69, 9.17) is 0 Å². The number of aromatic nitrogens is 4. The van der Waals surface area contributed by atoms with Crippen LogP contribution < -0.4 is 5.56 Å². The van der Waals surface area contributed by atoms with Crippen LogP contribution >= 0.6 is 11.8 Å². The van der Waals surface area contributed by atoms with Crippen LogP contribution in [0.2, 0.25) is 0 Å². The minimum Gasteiger partial charge on any atom is -0.340 e. The zero-order chi connectivity index (χ0) is 33.0. The van der Waals surface area contributed by atoms with Gasteiger partial charge in [-0.15, -0.1) is 0 Å². The molecule has 0 spiro atoms. The van der Waals surface area contributed by atoms with Gasteiger partial charge in [0.2, 0.25) is 5.91 Å². The fraction of sp³-hybridized carbons (Fsp3) is 0.212. The van der Waals surface area contributed by atoms with Crippen molar-refractivity contribution in [2.75, 3.05) is 7.05 Å². The molecule has 0 saturated heterocycles. The first-order chi connectivity index (χ1) is 21.9. The van der Waals surface area contributed by atoms with E-state index in [2.05, 4.69) is 15.2 Å². The van der Waals surface area contributed by atoms with Gasteiger partial charge in [-0.05, 0) is 52.1 Å². The second-order valence-corrected chi connectivity index (χ2v) is 11.7. The molecule has 0 radical (unpaired) electrons. The number of aromatic amines is 1. The molecule has 2 aromatic heterocycles. The number of likely N-dealkylation sites (N-methyl/N-ethyl adjacent to an activating group) is 1. The molecular formula is C33H28F5N5O2S. The maximum Gasteiger partial charge on any atom is 0.416 e. The smallest absolute Gasteiger partial charge is 0.340 e. The van der Waals surface area contributed by atoms with Crippen LogP contribution in [0.25, 0.3) is 11.1 Å². The molecule has 1 amide bonds. The Kier molecular flexibility index (Phi) is 9.71. The maximum atomic E-state index is 13.8. The van der Waals surface area contributed by atoms with Gasteiger partial charge in [-0.1, -0.05) is 61.2 Å². The van der Waals surface area contributed by atoms with Gasteiger partial charge >= 0.3 is 6.18 Å². The van der Waals surface area contributed by atoms with Gasteiger partial charge in [0.05, 0.1) is 11.8 Å². The number of nitrogens with one attached hydrogen (secondary N) is 1. The molecule has 3 aromatic carbocycles. The predicted molar refractivity (Wildman–Crippen MR) is 164 cm³/mol. The monoisotopic (exact) mass is 653 g/mol. The summed E-state index contributed by atoms with van der Waals surface area (Å²) in [5.41, 5.74) is 2.54.